The minimum absolute atomic E-state index is 0.237. The van der Waals surface area contributed by atoms with E-state index in [-0.39, 0.29) is 25.0 Å². The van der Waals surface area contributed by atoms with E-state index in [1.54, 1.807) is 44.4 Å². The van der Waals surface area contributed by atoms with Gasteiger partial charge in [-0.1, -0.05) is 54.6 Å². The summed E-state index contributed by atoms with van der Waals surface area (Å²) in [5.41, 5.74) is 2.96. The number of rotatable bonds is 11. The lowest BCUT2D eigenvalue weighted by atomic mass is 10.0. The first-order chi connectivity index (χ1) is 16.9. The molecule has 3 rings (SSSR count). The van der Waals surface area contributed by atoms with Gasteiger partial charge >= 0.3 is 0 Å². The maximum absolute atomic E-state index is 13.6. The summed E-state index contributed by atoms with van der Waals surface area (Å²) in [6.07, 6.45) is 0.380. The fraction of sp³-hybridized carbons (Fsp3) is 0.286. The molecule has 0 saturated heterocycles. The maximum Gasteiger partial charge on any atom is 0.261 e. The molecule has 0 aliphatic rings. The molecule has 3 aromatic rings. The third-order valence-electron chi connectivity index (χ3n) is 5.81. The van der Waals surface area contributed by atoms with E-state index in [2.05, 4.69) is 5.32 Å². The zero-order valence-corrected chi connectivity index (χ0v) is 20.6. The molecule has 184 valence electrons. The Hall–Kier alpha value is -4.00. The summed E-state index contributed by atoms with van der Waals surface area (Å²) in [6, 6.07) is 21.9. The molecule has 0 saturated carbocycles. The first-order valence-corrected chi connectivity index (χ1v) is 11.4. The summed E-state index contributed by atoms with van der Waals surface area (Å²) in [5, 5.41) is 2.72. The van der Waals surface area contributed by atoms with Crippen molar-refractivity contribution < 1.29 is 23.8 Å². The molecule has 35 heavy (non-hydrogen) atoms. The van der Waals surface area contributed by atoms with E-state index < -0.39 is 6.04 Å². The Bertz CT molecular complexity index is 1110. The molecule has 1 atom stereocenters. The highest BCUT2D eigenvalue weighted by atomic mass is 16.5. The van der Waals surface area contributed by atoms with Crippen LogP contribution in [0.5, 0.6) is 17.2 Å². The van der Waals surface area contributed by atoms with Crippen LogP contribution in [-0.2, 0) is 22.6 Å². The van der Waals surface area contributed by atoms with Crippen LogP contribution in [0.2, 0.25) is 0 Å². The third-order valence-corrected chi connectivity index (χ3v) is 5.81. The van der Waals surface area contributed by atoms with Crippen LogP contribution in [0.25, 0.3) is 0 Å². The highest BCUT2D eigenvalue weighted by molar-refractivity contribution is 5.88. The molecule has 0 fully saturated rings. The zero-order chi connectivity index (χ0) is 25.2. The zero-order valence-electron chi connectivity index (χ0n) is 20.6. The SMILES string of the molecule is CNC(=O)[C@@H](Cc1ccccc1)N(Cc1ccccc1C)C(=O)COc1cc(OC)cc(OC)c1. The van der Waals surface area contributed by atoms with Crippen molar-refractivity contribution in [1.82, 2.24) is 10.2 Å². The number of carbonyl (C=O) groups excluding carboxylic acids is 2. The number of amides is 2. The summed E-state index contributed by atoms with van der Waals surface area (Å²) in [4.78, 5) is 28.1. The molecule has 0 aliphatic carbocycles. The molecule has 1 N–H and O–H groups in total. The largest absolute Gasteiger partial charge is 0.496 e. The third kappa shape index (κ3) is 6.99. The van der Waals surface area contributed by atoms with Crippen LogP contribution in [0.4, 0.5) is 0 Å². The Kier molecular flexibility index (Phi) is 9.12. The molecular weight excluding hydrogens is 444 g/mol. The number of hydrogen-bond donors (Lipinski definition) is 1. The standard InChI is InChI=1S/C28H32N2O5/c1-20-10-8-9-13-22(20)18-30(26(28(32)29-2)14-21-11-6-5-7-12-21)27(31)19-35-25-16-23(33-3)15-24(17-25)34-4/h5-13,15-17,26H,14,18-19H2,1-4H3,(H,29,32)/t26-/m1/s1. The highest BCUT2D eigenvalue weighted by Crippen LogP contribution is 2.27. The van der Waals surface area contributed by atoms with Crippen molar-refractivity contribution in [2.45, 2.75) is 25.9 Å². The predicted molar refractivity (Wildman–Crippen MR) is 135 cm³/mol. The monoisotopic (exact) mass is 476 g/mol. The van der Waals surface area contributed by atoms with Crippen molar-refractivity contribution in [3.63, 3.8) is 0 Å². The summed E-state index contributed by atoms with van der Waals surface area (Å²) in [5.74, 6) is 0.995. The van der Waals surface area contributed by atoms with Crippen molar-refractivity contribution in [3.05, 3.63) is 89.5 Å². The van der Waals surface area contributed by atoms with Gasteiger partial charge in [0.2, 0.25) is 5.91 Å². The number of benzene rings is 3. The van der Waals surface area contributed by atoms with Crippen LogP contribution in [0, 0.1) is 6.92 Å². The smallest absolute Gasteiger partial charge is 0.261 e. The summed E-state index contributed by atoms with van der Waals surface area (Å²) in [7, 11) is 4.67. The summed E-state index contributed by atoms with van der Waals surface area (Å²) >= 11 is 0. The number of methoxy groups -OCH3 is 2. The second-order valence-corrected chi connectivity index (χ2v) is 8.10. The van der Waals surface area contributed by atoms with Crippen LogP contribution < -0.4 is 19.5 Å². The molecule has 0 radical (unpaired) electrons. The van der Waals surface area contributed by atoms with E-state index in [0.717, 1.165) is 16.7 Å². The van der Waals surface area contributed by atoms with E-state index in [9.17, 15) is 9.59 Å². The second kappa shape index (κ2) is 12.5. The van der Waals surface area contributed by atoms with Gasteiger partial charge in [0.25, 0.3) is 5.91 Å². The lowest BCUT2D eigenvalue weighted by Gasteiger charge is -2.31. The summed E-state index contributed by atoms with van der Waals surface area (Å²) < 4.78 is 16.4. The average molecular weight is 477 g/mol. The molecule has 7 nitrogen and oxygen atoms in total. The van der Waals surface area contributed by atoms with Gasteiger partial charge in [-0.25, -0.2) is 0 Å². The average Bonchev–Trinajstić information content (AvgIpc) is 2.90. The molecular formula is C28H32N2O5. The Balaban J connectivity index is 1.89. The van der Waals surface area contributed by atoms with Gasteiger partial charge in [-0.2, -0.15) is 0 Å². The molecule has 0 bridgehead atoms. The van der Waals surface area contributed by atoms with Gasteiger partial charge in [-0.05, 0) is 23.6 Å². The minimum Gasteiger partial charge on any atom is -0.496 e. The van der Waals surface area contributed by atoms with Gasteiger partial charge in [0.05, 0.1) is 14.2 Å². The predicted octanol–water partition coefficient (Wildman–Crippen LogP) is 3.78. The number of hydrogen-bond acceptors (Lipinski definition) is 5. The first kappa shape index (κ1) is 25.6. The quantitative estimate of drug-likeness (QED) is 0.456. The Labute approximate surface area is 206 Å². The first-order valence-electron chi connectivity index (χ1n) is 11.4. The Morgan fingerprint density at radius 1 is 0.886 bits per heavy atom. The molecule has 0 spiro atoms. The van der Waals surface area contributed by atoms with Crippen LogP contribution in [0.15, 0.2) is 72.8 Å². The van der Waals surface area contributed by atoms with Gasteiger partial charge < -0.3 is 24.4 Å². The van der Waals surface area contributed by atoms with E-state index >= 15 is 0 Å². The van der Waals surface area contributed by atoms with E-state index in [1.165, 1.54) is 0 Å². The van der Waals surface area contributed by atoms with Gasteiger partial charge in [-0.3, -0.25) is 9.59 Å². The van der Waals surface area contributed by atoms with Gasteiger partial charge in [0.15, 0.2) is 6.61 Å². The van der Waals surface area contributed by atoms with Crippen molar-refractivity contribution in [2.75, 3.05) is 27.9 Å². The number of likely N-dealkylation sites (N-methyl/N-ethyl adjacent to an activating group) is 1. The van der Waals surface area contributed by atoms with E-state index in [0.29, 0.717) is 23.7 Å². The molecule has 0 aromatic heterocycles. The highest BCUT2D eigenvalue weighted by Gasteiger charge is 2.30. The molecule has 3 aromatic carbocycles. The molecule has 2 amide bonds. The van der Waals surface area contributed by atoms with Crippen LogP contribution in [-0.4, -0.2) is 50.6 Å². The Morgan fingerprint density at radius 2 is 1.49 bits per heavy atom. The molecule has 0 unspecified atom stereocenters. The number of nitrogens with zero attached hydrogens (tertiary/aromatic N) is 1. The van der Waals surface area contributed by atoms with E-state index in [4.69, 9.17) is 14.2 Å². The maximum atomic E-state index is 13.6. The number of carbonyl (C=O) groups is 2. The molecule has 0 heterocycles. The number of nitrogens with one attached hydrogen (secondary N) is 1. The summed E-state index contributed by atoms with van der Waals surface area (Å²) in [6.45, 7) is 2.02. The fourth-order valence-electron chi connectivity index (χ4n) is 3.78. The number of aryl methyl sites for hydroxylation is 1. The van der Waals surface area contributed by atoms with Crippen molar-refractivity contribution in [3.8, 4) is 17.2 Å². The van der Waals surface area contributed by atoms with Crippen molar-refractivity contribution >= 4 is 11.8 Å². The lowest BCUT2D eigenvalue weighted by molar-refractivity contribution is -0.142. The second-order valence-electron chi connectivity index (χ2n) is 8.10. The Morgan fingerprint density at radius 3 is 2.09 bits per heavy atom. The topological polar surface area (TPSA) is 77.1 Å². The normalized spacial score (nSPS) is 11.3. The van der Waals surface area contributed by atoms with Crippen molar-refractivity contribution in [2.24, 2.45) is 0 Å². The lowest BCUT2D eigenvalue weighted by Crippen LogP contribution is -2.51. The van der Waals surface area contributed by atoms with Gasteiger partial charge in [0, 0.05) is 38.2 Å². The van der Waals surface area contributed by atoms with Crippen LogP contribution in [0.3, 0.4) is 0 Å². The fourth-order valence-corrected chi connectivity index (χ4v) is 3.78. The molecule has 0 aliphatic heterocycles. The minimum atomic E-state index is -0.710. The molecule has 7 heteroatoms. The van der Waals surface area contributed by atoms with Crippen LogP contribution >= 0.6 is 0 Å². The number of ether oxygens (including phenoxy) is 3. The van der Waals surface area contributed by atoms with Crippen LogP contribution in [0.1, 0.15) is 16.7 Å². The van der Waals surface area contributed by atoms with Gasteiger partial charge in [-0.15, -0.1) is 0 Å². The van der Waals surface area contributed by atoms with Crippen molar-refractivity contribution in [1.29, 1.82) is 0 Å². The van der Waals surface area contributed by atoms with E-state index in [1.807, 2.05) is 61.5 Å². The van der Waals surface area contributed by atoms with Gasteiger partial charge in [0.1, 0.15) is 23.3 Å².